The number of anilines is 1. The van der Waals surface area contributed by atoms with Gasteiger partial charge in [-0.05, 0) is 31.2 Å². The first-order valence-electron chi connectivity index (χ1n) is 9.29. The van der Waals surface area contributed by atoms with Crippen molar-refractivity contribution in [1.82, 2.24) is 5.32 Å². The number of nitrogens with one attached hydrogen (secondary N) is 1. The molecule has 0 bridgehead atoms. The third kappa shape index (κ3) is 3.33. The summed E-state index contributed by atoms with van der Waals surface area (Å²) in [5, 5.41) is 3.97. The van der Waals surface area contributed by atoms with Crippen molar-refractivity contribution in [2.45, 2.75) is 19.4 Å². The highest BCUT2D eigenvalue weighted by Gasteiger charge is 2.36. The first kappa shape index (κ1) is 18.1. The smallest absolute Gasteiger partial charge is 0.227 e. The minimum atomic E-state index is -0.413. The number of furan rings is 1. The SMILES string of the molecule is COc1ccccc1N1CC(C(=O)NC(C)c2cc3ccccc3o2)CC1=O. The van der Waals surface area contributed by atoms with Crippen molar-refractivity contribution < 1.29 is 18.7 Å². The van der Waals surface area contributed by atoms with E-state index in [1.165, 1.54) is 0 Å². The van der Waals surface area contributed by atoms with Crippen LogP contribution in [0.15, 0.2) is 59.0 Å². The summed E-state index contributed by atoms with van der Waals surface area (Å²) in [6.07, 6.45) is 0.177. The van der Waals surface area contributed by atoms with Crippen LogP contribution in [0.5, 0.6) is 5.75 Å². The molecule has 4 rings (SSSR count). The number of carbonyl (C=O) groups is 2. The molecule has 1 saturated heterocycles. The highest BCUT2D eigenvalue weighted by molar-refractivity contribution is 6.01. The highest BCUT2D eigenvalue weighted by atomic mass is 16.5. The van der Waals surface area contributed by atoms with Gasteiger partial charge >= 0.3 is 0 Å². The second kappa shape index (κ2) is 7.38. The summed E-state index contributed by atoms with van der Waals surface area (Å²) >= 11 is 0. The number of para-hydroxylation sites is 3. The molecule has 2 aromatic carbocycles. The number of methoxy groups -OCH3 is 1. The van der Waals surface area contributed by atoms with Crippen molar-refractivity contribution in [3.05, 3.63) is 60.4 Å². The summed E-state index contributed by atoms with van der Waals surface area (Å²) in [5.41, 5.74) is 1.48. The fraction of sp³-hybridized carbons (Fsp3) is 0.273. The van der Waals surface area contributed by atoms with Crippen LogP contribution in [0.3, 0.4) is 0 Å². The lowest BCUT2D eigenvalue weighted by atomic mass is 10.1. The van der Waals surface area contributed by atoms with E-state index in [2.05, 4.69) is 5.32 Å². The van der Waals surface area contributed by atoms with Gasteiger partial charge < -0.3 is 19.4 Å². The number of nitrogens with zero attached hydrogens (tertiary/aromatic N) is 1. The van der Waals surface area contributed by atoms with E-state index < -0.39 is 5.92 Å². The second-order valence-electron chi connectivity index (χ2n) is 6.99. The predicted octanol–water partition coefficient (Wildman–Crippen LogP) is 3.67. The maximum absolute atomic E-state index is 12.8. The molecule has 1 aromatic heterocycles. The number of rotatable bonds is 5. The maximum atomic E-state index is 12.8. The minimum Gasteiger partial charge on any atom is -0.495 e. The molecule has 2 unspecified atom stereocenters. The van der Waals surface area contributed by atoms with E-state index in [0.29, 0.717) is 23.7 Å². The molecule has 1 aliphatic heterocycles. The summed E-state index contributed by atoms with van der Waals surface area (Å²) in [4.78, 5) is 26.9. The second-order valence-corrected chi connectivity index (χ2v) is 6.99. The van der Waals surface area contributed by atoms with E-state index in [-0.39, 0.29) is 24.3 Å². The zero-order valence-corrected chi connectivity index (χ0v) is 15.8. The van der Waals surface area contributed by atoms with Crippen LogP contribution in [0.4, 0.5) is 5.69 Å². The topological polar surface area (TPSA) is 71.8 Å². The molecule has 1 aliphatic rings. The van der Waals surface area contributed by atoms with E-state index in [1.807, 2.05) is 55.5 Å². The van der Waals surface area contributed by atoms with Gasteiger partial charge in [-0.2, -0.15) is 0 Å². The molecule has 0 saturated carbocycles. The van der Waals surface area contributed by atoms with Crippen LogP contribution in [0.1, 0.15) is 25.1 Å². The molecule has 144 valence electrons. The highest BCUT2D eigenvalue weighted by Crippen LogP contribution is 2.33. The van der Waals surface area contributed by atoms with Gasteiger partial charge in [-0.15, -0.1) is 0 Å². The Bertz CT molecular complexity index is 993. The molecule has 1 N–H and O–H groups in total. The zero-order valence-electron chi connectivity index (χ0n) is 15.8. The molecule has 3 aromatic rings. The molecular weight excluding hydrogens is 356 g/mol. The number of hydrogen-bond donors (Lipinski definition) is 1. The van der Waals surface area contributed by atoms with Crippen LogP contribution in [-0.4, -0.2) is 25.5 Å². The molecule has 0 spiro atoms. The Morgan fingerprint density at radius 2 is 1.96 bits per heavy atom. The van der Waals surface area contributed by atoms with Gasteiger partial charge in [0.05, 0.1) is 24.8 Å². The van der Waals surface area contributed by atoms with Crippen molar-refractivity contribution in [1.29, 1.82) is 0 Å². The number of ether oxygens (including phenoxy) is 1. The van der Waals surface area contributed by atoms with Crippen molar-refractivity contribution >= 4 is 28.5 Å². The molecule has 1 fully saturated rings. The van der Waals surface area contributed by atoms with E-state index >= 15 is 0 Å². The summed E-state index contributed by atoms with van der Waals surface area (Å²) in [6, 6.07) is 16.7. The van der Waals surface area contributed by atoms with Crippen molar-refractivity contribution in [2.24, 2.45) is 5.92 Å². The van der Waals surface area contributed by atoms with Gasteiger partial charge in [0.1, 0.15) is 17.1 Å². The standard InChI is InChI=1S/C22H22N2O4/c1-14(20-11-15-7-3-5-9-18(15)28-20)23-22(26)16-12-21(25)24(13-16)17-8-4-6-10-19(17)27-2/h3-11,14,16H,12-13H2,1-2H3,(H,23,26). The number of fused-ring (bicyclic) bond motifs is 1. The largest absolute Gasteiger partial charge is 0.495 e. The number of hydrogen-bond acceptors (Lipinski definition) is 4. The molecule has 28 heavy (non-hydrogen) atoms. The van der Waals surface area contributed by atoms with Crippen molar-refractivity contribution in [2.75, 3.05) is 18.6 Å². The normalized spacial score (nSPS) is 17.7. The fourth-order valence-electron chi connectivity index (χ4n) is 3.59. The molecule has 2 heterocycles. The van der Waals surface area contributed by atoms with Gasteiger partial charge in [0.15, 0.2) is 0 Å². The Kier molecular flexibility index (Phi) is 4.77. The number of benzene rings is 2. The lowest BCUT2D eigenvalue weighted by Crippen LogP contribution is -2.34. The zero-order chi connectivity index (χ0) is 19.7. The summed E-state index contributed by atoms with van der Waals surface area (Å²) in [7, 11) is 1.57. The molecule has 0 aliphatic carbocycles. The van der Waals surface area contributed by atoms with Gasteiger partial charge in [-0.25, -0.2) is 0 Å². The van der Waals surface area contributed by atoms with Crippen molar-refractivity contribution in [3.8, 4) is 5.75 Å². The average Bonchev–Trinajstić information content (AvgIpc) is 3.31. The summed E-state index contributed by atoms with van der Waals surface area (Å²) < 4.78 is 11.2. The molecule has 2 amide bonds. The van der Waals surface area contributed by atoms with Crippen LogP contribution in [0, 0.1) is 5.92 Å². The number of carbonyl (C=O) groups excluding carboxylic acids is 2. The quantitative estimate of drug-likeness (QED) is 0.735. The van der Waals surface area contributed by atoms with Gasteiger partial charge in [-0.1, -0.05) is 30.3 Å². The van der Waals surface area contributed by atoms with E-state index in [4.69, 9.17) is 9.15 Å². The third-order valence-corrected chi connectivity index (χ3v) is 5.10. The van der Waals surface area contributed by atoms with Gasteiger partial charge in [0.2, 0.25) is 11.8 Å². The Labute approximate surface area is 163 Å². The van der Waals surface area contributed by atoms with E-state index in [1.54, 1.807) is 18.1 Å². The average molecular weight is 378 g/mol. The fourth-order valence-corrected chi connectivity index (χ4v) is 3.59. The third-order valence-electron chi connectivity index (χ3n) is 5.10. The van der Waals surface area contributed by atoms with Crippen LogP contribution in [0.25, 0.3) is 11.0 Å². The molecular formula is C22H22N2O4. The van der Waals surface area contributed by atoms with Crippen molar-refractivity contribution in [3.63, 3.8) is 0 Å². The van der Waals surface area contributed by atoms with E-state index in [0.717, 1.165) is 11.0 Å². The first-order chi connectivity index (χ1) is 13.6. The van der Waals surface area contributed by atoms with E-state index in [9.17, 15) is 9.59 Å². The minimum absolute atomic E-state index is 0.0824. The van der Waals surface area contributed by atoms with Gasteiger partial charge in [0.25, 0.3) is 0 Å². The summed E-state index contributed by atoms with van der Waals surface area (Å²) in [5.74, 6) is 0.664. The Morgan fingerprint density at radius 1 is 1.21 bits per heavy atom. The Morgan fingerprint density at radius 3 is 2.75 bits per heavy atom. The lowest BCUT2D eigenvalue weighted by Gasteiger charge is -2.20. The maximum Gasteiger partial charge on any atom is 0.227 e. The van der Waals surface area contributed by atoms with Crippen LogP contribution < -0.4 is 15.0 Å². The van der Waals surface area contributed by atoms with Crippen LogP contribution in [-0.2, 0) is 9.59 Å². The molecule has 6 heteroatoms. The first-order valence-corrected chi connectivity index (χ1v) is 9.29. The lowest BCUT2D eigenvalue weighted by molar-refractivity contribution is -0.127. The molecule has 0 radical (unpaired) electrons. The Balaban J connectivity index is 1.46. The Hall–Kier alpha value is -3.28. The number of amides is 2. The predicted molar refractivity (Wildman–Crippen MR) is 106 cm³/mol. The summed E-state index contributed by atoms with van der Waals surface area (Å²) in [6.45, 7) is 2.21. The van der Waals surface area contributed by atoms with Crippen LogP contribution >= 0.6 is 0 Å². The molecule has 2 atom stereocenters. The van der Waals surface area contributed by atoms with Gasteiger partial charge in [0, 0.05) is 18.4 Å². The van der Waals surface area contributed by atoms with Gasteiger partial charge in [-0.3, -0.25) is 9.59 Å². The monoisotopic (exact) mass is 378 g/mol. The molecule has 6 nitrogen and oxygen atoms in total. The van der Waals surface area contributed by atoms with Crippen LogP contribution in [0.2, 0.25) is 0 Å².